The summed E-state index contributed by atoms with van der Waals surface area (Å²) in [6.07, 6.45) is -0.376. The number of nitrogens with one attached hydrogen (secondary N) is 1. The van der Waals surface area contributed by atoms with Gasteiger partial charge < -0.3 is 29.4 Å². The zero-order valence-electron chi connectivity index (χ0n) is 15.5. The second kappa shape index (κ2) is 9.47. The highest BCUT2D eigenvalue weighted by Gasteiger charge is 2.18. The molecular weight excluding hydrogens is 350 g/mol. The Balaban J connectivity index is 2.26. The molecule has 0 aliphatic carbocycles. The number of carboxylic acids is 1. The van der Waals surface area contributed by atoms with E-state index in [1.165, 1.54) is 14.2 Å². The number of hydrogen-bond donors (Lipinski definition) is 1. The predicted octanol–water partition coefficient (Wildman–Crippen LogP) is 1.71. The fourth-order valence-corrected chi connectivity index (χ4v) is 2.58. The molecule has 0 aliphatic rings. The summed E-state index contributed by atoms with van der Waals surface area (Å²) in [5.41, 5.74) is 0.957. The summed E-state index contributed by atoms with van der Waals surface area (Å²) in [5.74, 6) is -0.0671. The molecule has 1 atom stereocenters. The molecule has 1 amide bonds. The molecule has 0 spiro atoms. The Morgan fingerprint density at radius 3 is 2.30 bits per heavy atom. The largest absolute Gasteiger partial charge is 0.550 e. The number of carboxylic acid groups (broad SMARTS) is 1. The van der Waals surface area contributed by atoms with Crippen LogP contribution in [0.3, 0.4) is 0 Å². The highest BCUT2D eigenvalue weighted by molar-refractivity contribution is 5.94. The summed E-state index contributed by atoms with van der Waals surface area (Å²) in [5, 5.41) is 13.9. The molecule has 0 saturated carbocycles. The Hall–Kier alpha value is -3.22. The van der Waals surface area contributed by atoms with Crippen LogP contribution in [0.25, 0.3) is 0 Å². The van der Waals surface area contributed by atoms with Gasteiger partial charge in [0.05, 0.1) is 26.9 Å². The van der Waals surface area contributed by atoms with Gasteiger partial charge in [0.15, 0.2) is 11.5 Å². The second-order valence-corrected chi connectivity index (χ2v) is 5.67. The molecule has 0 bridgehead atoms. The number of aliphatic carboxylic acids is 1. The molecule has 0 aliphatic heterocycles. The number of rotatable bonds is 9. The Kier molecular flexibility index (Phi) is 7.05. The molecule has 7 nitrogen and oxygen atoms in total. The van der Waals surface area contributed by atoms with Crippen molar-refractivity contribution in [2.45, 2.75) is 19.4 Å². The van der Waals surface area contributed by atoms with Crippen molar-refractivity contribution in [3.63, 3.8) is 0 Å². The van der Waals surface area contributed by atoms with Crippen LogP contribution in [0.1, 0.15) is 35.3 Å². The zero-order valence-corrected chi connectivity index (χ0v) is 15.5. The SMILES string of the molecule is CCOc1ccc([C@@H](CC(=O)[O-])NC(=O)c2ccc(OC)cc2)cc1OC. The summed E-state index contributed by atoms with van der Waals surface area (Å²) in [7, 11) is 3.02. The first kappa shape index (κ1) is 20.1. The fourth-order valence-electron chi connectivity index (χ4n) is 2.58. The maximum atomic E-state index is 12.5. The van der Waals surface area contributed by atoms with Gasteiger partial charge in [0, 0.05) is 18.0 Å². The minimum absolute atomic E-state index is 0.376. The maximum Gasteiger partial charge on any atom is 0.251 e. The molecule has 2 rings (SSSR count). The molecule has 0 fully saturated rings. The topological polar surface area (TPSA) is 96.9 Å². The summed E-state index contributed by atoms with van der Waals surface area (Å²) >= 11 is 0. The fraction of sp³-hybridized carbons (Fsp3) is 0.300. The molecule has 0 radical (unpaired) electrons. The first-order valence-corrected chi connectivity index (χ1v) is 8.44. The molecule has 7 heteroatoms. The van der Waals surface area contributed by atoms with Gasteiger partial charge in [-0.05, 0) is 48.9 Å². The molecule has 1 N–H and O–H groups in total. The second-order valence-electron chi connectivity index (χ2n) is 5.67. The van der Waals surface area contributed by atoms with Crippen molar-refractivity contribution in [1.29, 1.82) is 0 Å². The number of amides is 1. The Morgan fingerprint density at radius 2 is 1.74 bits per heavy atom. The van der Waals surface area contributed by atoms with E-state index in [4.69, 9.17) is 14.2 Å². The van der Waals surface area contributed by atoms with Crippen LogP contribution in [0.4, 0.5) is 0 Å². The first-order chi connectivity index (χ1) is 13.0. The minimum Gasteiger partial charge on any atom is -0.550 e. The van der Waals surface area contributed by atoms with Gasteiger partial charge in [0.2, 0.25) is 0 Å². The lowest BCUT2D eigenvalue weighted by Crippen LogP contribution is -2.34. The molecule has 0 heterocycles. The van der Waals surface area contributed by atoms with Crippen molar-refractivity contribution >= 4 is 11.9 Å². The van der Waals surface area contributed by atoms with E-state index in [-0.39, 0.29) is 6.42 Å². The van der Waals surface area contributed by atoms with Gasteiger partial charge in [-0.2, -0.15) is 0 Å². The summed E-state index contributed by atoms with van der Waals surface area (Å²) in [6, 6.07) is 10.7. The van der Waals surface area contributed by atoms with Crippen LogP contribution >= 0.6 is 0 Å². The lowest BCUT2D eigenvalue weighted by molar-refractivity contribution is -0.306. The van der Waals surface area contributed by atoms with E-state index in [2.05, 4.69) is 5.32 Å². The summed E-state index contributed by atoms with van der Waals surface area (Å²) in [6.45, 7) is 2.31. The number of carbonyl (C=O) groups is 2. The lowest BCUT2D eigenvalue weighted by atomic mass is 10.0. The molecule has 0 unspecified atom stereocenters. The highest BCUT2D eigenvalue weighted by Crippen LogP contribution is 2.31. The van der Waals surface area contributed by atoms with Crippen molar-refractivity contribution in [1.82, 2.24) is 5.32 Å². The van der Waals surface area contributed by atoms with Crippen molar-refractivity contribution < 1.29 is 28.9 Å². The summed E-state index contributed by atoms with van der Waals surface area (Å²) < 4.78 is 15.8. The van der Waals surface area contributed by atoms with Crippen molar-refractivity contribution in [2.75, 3.05) is 20.8 Å². The third kappa shape index (κ3) is 5.37. The maximum absolute atomic E-state index is 12.5. The van der Waals surface area contributed by atoms with Gasteiger partial charge in [0.25, 0.3) is 5.91 Å². The van der Waals surface area contributed by atoms with Crippen molar-refractivity contribution in [3.8, 4) is 17.2 Å². The third-order valence-corrected chi connectivity index (χ3v) is 3.92. The quantitative estimate of drug-likeness (QED) is 0.720. The molecule has 2 aromatic carbocycles. The van der Waals surface area contributed by atoms with Crippen molar-refractivity contribution in [2.24, 2.45) is 0 Å². The van der Waals surface area contributed by atoms with E-state index in [9.17, 15) is 14.7 Å². The van der Waals surface area contributed by atoms with Gasteiger partial charge in [-0.25, -0.2) is 0 Å². The Bertz CT molecular complexity index is 788. The minimum atomic E-state index is -1.28. The number of benzene rings is 2. The number of methoxy groups -OCH3 is 2. The molecule has 27 heavy (non-hydrogen) atoms. The monoisotopic (exact) mass is 372 g/mol. The van der Waals surface area contributed by atoms with E-state index < -0.39 is 17.9 Å². The van der Waals surface area contributed by atoms with Crippen LogP contribution in [-0.4, -0.2) is 32.7 Å². The van der Waals surface area contributed by atoms with Crippen LogP contribution in [0, 0.1) is 0 Å². The normalized spacial score (nSPS) is 11.4. The van der Waals surface area contributed by atoms with Gasteiger partial charge in [-0.15, -0.1) is 0 Å². The Morgan fingerprint density at radius 1 is 1.04 bits per heavy atom. The third-order valence-electron chi connectivity index (χ3n) is 3.92. The molecule has 2 aromatic rings. The zero-order chi connectivity index (χ0) is 19.8. The average molecular weight is 372 g/mol. The van der Waals surface area contributed by atoms with Gasteiger partial charge >= 0.3 is 0 Å². The number of ether oxygens (including phenoxy) is 3. The van der Waals surface area contributed by atoms with E-state index in [1.54, 1.807) is 42.5 Å². The van der Waals surface area contributed by atoms with Gasteiger partial charge in [0.1, 0.15) is 5.75 Å². The Labute approximate surface area is 157 Å². The molecule has 144 valence electrons. The van der Waals surface area contributed by atoms with Crippen LogP contribution in [0.2, 0.25) is 0 Å². The van der Waals surface area contributed by atoms with Crippen molar-refractivity contribution in [3.05, 3.63) is 53.6 Å². The van der Waals surface area contributed by atoms with E-state index in [1.807, 2.05) is 6.92 Å². The van der Waals surface area contributed by atoms with Gasteiger partial charge in [-0.3, -0.25) is 4.79 Å². The highest BCUT2D eigenvalue weighted by atomic mass is 16.5. The smallest absolute Gasteiger partial charge is 0.251 e. The van der Waals surface area contributed by atoms with E-state index >= 15 is 0 Å². The summed E-state index contributed by atoms with van der Waals surface area (Å²) in [4.78, 5) is 23.7. The predicted molar refractivity (Wildman–Crippen MR) is 97.0 cm³/mol. The molecule has 0 aromatic heterocycles. The van der Waals surface area contributed by atoms with Crippen LogP contribution < -0.4 is 24.6 Å². The molecule has 0 saturated heterocycles. The van der Waals surface area contributed by atoms with E-state index in [0.29, 0.717) is 35.0 Å². The average Bonchev–Trinajstić information content (AvgIpc) is 2.67. The standard InChI is InChI=1S/C20H23NO6/c1-4-27-17-10-7-14(11-18(17)26-3)16(12-19(22)23)21-20(24)13-5-8-15(25-2)9-6-13/h5-11,16H,4,12H2,1-3H3,(H,21,24)(H,22,23)/p-1/t16-/m1/s1. The van der Waals surface area contributed by atoms with Crippen LogP contribution in [-0.2, 0) is 4.79 Å². The number of hydrogen-bond acceptors (Lipinski definition) is 6. The van der Waals surface area contributed by atoms with Crippen LogP contribution in [0.15, 0.2) is 42.5 Å². The molecular formula is C20H22NO6-. The lowest BCUT2D eigenvalue weighted by Gasteiger charge is -2.21. The van der Waals surface area contributed by atoms with Crippen LogP contribution in [0.5, 0.6) is 17.2 Å². The first-order valence-electron chi connectivity index (χ1n) is 8.44. The van der Waals surface area contributed by atoms with Gasteiger partial charge in [-0.1, -0.05) is 6.07 Å². The number of carbonyl (C=O) groups excluding carboxylic acids is 2. The van der Waals surface area contributed by atoms with E-state index in [0.717, 1.165) is 0 Å².